The van der Waals surface area contributed by atoms with Crippen molar-refractivity contribution in [2.75, 3.05) is 5.32 Å². The summed E-state index contributed by atoms with van der Waals surface area (Å²) in [6.07, 6.45) is 1.73. The third-order valence-electron chi connectivity index (χ3n) is 3.11. The van der Waals surface area contributed by atoms with Crippen molar-refractivity contribution in [1.29, 1.82) is 5.26 Å². The lowest BCUT2D eigenvalue weighted by molar-refractivity contribution is 0.769. The van der Waals surface area contributed by atoms with Crippen LogP contribution in [0.2, 0.25) is 0 Å². The van der Waals surface area contributed by atoms with E-state index in [1.165, 1.54) is 11.1 Å². The molecule has 0 spiro atoms. The number of nitrogens with one attached hydrogen (secondary N) is 1. The molecule has 0 aliphatic carbocycles. The molecule has 0 bridgehead atoms. The zero-order chi connectivity index (χ0) is 13.5. The van der Waals surface area contributed by atoms with Crippen LogP contribution in [0.25, 0.3) is 0 Å². The smallest absolute Gasteiger partial charge is 0.114 e. The topological polar surface area (TPSA) is 35.8 Å². The molecular weight excluding hydrogens is 232 g/mol. The number of benzene rings is 2. The van der Waals surface area contributed by atoms with E-state index in [4.69, 9.17) is 0 Å². The highest BCUT2D eigenvalue weighted by atomic mass is 14.9. The number of hydrogen-bond acceptors (Lipinski definition) is 2. The van der Waals surface area contributed by atoms with Crippen LogP contribution in [0, 0.1) is 18.3 Å². The van der Waals surface area contributed by atoms with Gasteiger partial charge in [-0.1, -0.05) is 48.0 Å². The van der Waals surface area contributed by atoms with Gasteiger partial charge in [-0.15, -0.1) is 0 Å². The van der Waals surface area contributed by atoms with Gasteiger partial charge in [0.15, 0.2) is 0 Å². The van der Waals surface area contributed by atoms with Crippen molar-refractivity contribution >= 4 is 5.69 Å². The molecule has 2 aromatic carbocycles. The van der Waals surface area contributed by atoms with Gasteiger partial charge in [0.25, 0.3) is 0 Å². The Morgan fingerprint density at radius 1 is 1.05 bits per heavy atom. The van der Waals surface area contributed by atoms with Crippen molar-refractivity contribution in [2.45, 2.75) is 25.8 Å². The first kappa shape index (κ1) is 13.2. The molecule has 1 atom stereocenters. The van der Waals surface area contributed by atoms with Gasteiger partial charge in [-0.3, -0.25) is 0 Å². The second-order valence-electron chi connectivity index (χ2n) is 4.72. The Balaban J connectivity index is 1.90. The average Bonchev–Trinajstić information content (AvgIpc) is 2.46. The van der Waals surface area contributed by atoms with Gasteiger partial charge in [-0.05, 0) is 37.5 Å². The van der Waals surface area contributed by atoms with Crippen molar-refractivity contribution in [3.05, 3.63) is 65.7 Å². The van der Waals surface area contributed by atoms with Crippen molar-refractivity contribution in [3.63, 3.8) is 0 Å². The number of nitriles is 1. The SMILES string of the molecule is Cc1ccc(NC(C#N)CCc2ccccc2)cc1. The normalized spacial score (nSPS) is 11.6. The standard InChI is InChI=1S/C17H18N2/c1-14-7-10-16(11-8-14)19-17(13-18)12-9-15-5-3-2-4-6-15/h2-8,10-11,17,19H,9,12H2,1H3. The van der Waals surface area contributed by atoms with E-state index in [1.807, 2.05) is 42.5 Å². The van der Waals surface area contributed by atoms with Crippen LogP contribution in [0.3, 0.4) is 0 Å². The Morgan fingerprint density at radius 3 is 2.37 bits per heavy atom. The van der Waals surface area contributed by atoms with Crippen LogP contribution in [-0.4, -0.2) is 6.04 Å². The number of rotatable bonds is 5. The lowest BCUT2D eigenvalue weighted by atomic mass is 10.1. The first-order valence-electron chi connectivity index (χ1n) is 6.54. The highest BCUT2D eigenvalue weighted by Crippen LogP contribution is 2.12. The van der Waals surface area contributed by atoms with Crippen molar-refractivity contribution in [2.24, 2.45) is 0 Å². The van der Waals surface area contributed by atoms with E-state index < -0.39 is 0 Å². The number of nitrogens with zero attached hydrogens (tertiary/aromatic N) is 1. The Labute approximate surface area is 114 Å². The average molecular weight is 250 g/mol. The summed E-state index contributed by atoms with van der Waals surface area (Å²) in [5.41, 5.74) is 3.50. The molecule has 0 radical (unpaired) electrons. The Bertz CT molecular complexity index is 538. The van der Waals surface area contributed by atoms with Crippen LogP contribution in [0.1, 0.15) is 17.5 Å². The molecule has 0 saturated carbocycles. The molecule has 0 heterocycles. The van der Waals surface area contributed by atoms with Crippen LogP contribution in [0.4, 0.5) is 5.69 Å². The minimum absolute atomic E-state index is 0.150. The van der Waals surface area contributed by atoms with Gasteiger partial charge >= 0.3 is 0 Å². The Morgan fingerprint density at radius 2 is 1.74 bits per heavy atom. The number of aryl methyl sites for hydroxylation is 2. The molecule has 19 heavy (non-hydrogen) atoms. The van der Waals surface area contributed by atoms with E-state index in [-0.39, 0.29) is 6.04 Å². The Hall–Kier alpha value is -2.27. The molecule has 0 amide bonds. The van der Waals surface area contributed by atoms with Gasteiger partial charge in [0.05, 0.1) is 6.07 Å². The zero-order valence-corrected chi connectivity index (χ0v) is 11.1. The molecule has 0 aliphatic heterocycles. The van der Waals surface area contributed by atoms with Gasteiger partial charge in [0, 0.05) is 5.69 Å². The lowest BCUT2D eigenvalue weighted by Crippen LogP contribution is -2.18. The summed E-state index contributed by atoms with van der Waals surface area (Å²) < 4.78 is 0. The van der Waals surface area contributed by atoms with E-state index >= 15 is 0 Å². The molecule has 0 aliphatic rings. The summed E-state index contributed by atoms with van der Waals surface area (Å²) >= 11 is 0. The van der Waals surface area contributed by atoms with Gasteiger partial charge in [0.2, 0.25) is 0 Å². The van der Waals surface area contributed by atoms with Crippen LogP contribution in [-0.2, 0) is 6.42 Å². The van der Waals surface area contributed by atoms with E-state index in [2.05, 4.69) is 30.4 Å². The van der Waals surface area contributed by atoms with Crippen LogP contribution in [0.5, 0.6) is 0 Å². The summed E-state index contributed by atoms with van der Waals surface area (Å²) in [4.78, 5) is 0. The maximum Gasteiger partial charge on any atom is 0.114 e. The first-order valence-corrected chi connectivity index (χ1v) is 6.54. The maximum atomic E-state index is 9.21. The number of hydrogen-bond donors (Lipinski definition) is 1. The third-order valence-corrected chi connectivity index (χ3v) is 3.11. The molecule has 0 saturated heterocycles. The zero-order valence-electron chi connectivity index (χ0n) is 11.1. The van der Waals surface area contributed by atoms with Crippen LogP contribution < -0.4 is 5.32 Å². The van der Waals surface area contributed by atoms with E-state index in [1.54, 1.807) is 0 Å². The van der Waals surface area contributed by atoms with E-state index in [0.29, 0.717) is 0 Å². The van der Waals surface area contributed by atoms with Crippen LogP contribution >= 0.6 is 0 Å². The second-order valence-corrected chi connectivity index (χ2v) is 4.72. The van der Waals surface area contributed by atoms with Gasteiger partial charge in [-0.25, -0.2) is 0 Å². The summed E-state index contributed by atoms with van der Waals surface area (Å²) in [6, 6.07) is 20.6. The molecule has 1 unspecified atom stereocenters. The van der Waals surface area contributed by atoms with Crippen molar-refractivity contribution in [3.8, 4) is 6.07 Å². The molecule has 0 fully saturated rings. The molecule has 2 nitrogen and oxygen atoms in total. The minimum Gasteiger partial charge on any atom is -0.370 e. The minimum atomic E-state index is -0.150. The van der Waals surface area contributed by atoms with Crippen molar-refractivity contribution in [1.82, 2.24) is 0 Å². The fourth-order valence-electron chi connectivity index (χ4n) is 1.98. The fraction of sp³-hybridized carbons (Fsp3) is 0.235. The predicted octanol–water partition coefficient (Wildman–Crippen LogP) is 3.93. The Kier molecular flexibility index (Phi) is 4.58. The molecule has 0 aromatic heterocycles. The second kappa shape index (κ2) is 6.61. The summed E-state index contributed by atoms with van der Waals surface area (Å²) in [6.45, 7) is 2.06. The molecule has 1 N–H and O–H groups in total. The van der Waals surface area contributed by atoms with E-state index in [0.717, 1.165) is 18.5 Å². The predicted molar refractivity (Wildman–Crippen MR) is 79.0 cm³/mol. The summed E-state index contributed by atoms with van der Waals surface area (Å²) in [5.74, 6) is 0. The van der Waals surface area contributed by atoms with Gasteiger partial charge in [-0.2, -0.15) is 5.26 Å². The molecule has 2 heteroatoms. The summed E-state index contributed by atoms with van der Waals surface area (Å²) in [7, 11) is 0. The monoisotopic (exact) mass is 250 g/mol. The van der Waals surface area contributed by atoms with Crippen molar-refractivity contribution < 1.29 is 0 Å². The van der Waals surface area contributed by atoms with Gasteiger partial charge < -0.3 is 5.32 Å². The first-order chi connectivity index (χ1) is 9.28. The molecule has 96 valence electrons. The molecular formula is C17H18N2. The van der Waals surface area contributed by atoms with Gasteiger partial charge in [0.1, 0.15) is 6.04 Å². The number of anilines is 1. The van der Waals surface area contributed by atoms with Crippen LogP contribution in [0.15, 0.2) is 54.6 Å². The third kappa shape index (κ3) is 4.15. The maximum absolute atomic E-state index is 9.21. The highest BCUT2D eigenvalue weighted by molar-refractivity contribution is 5.46. The lowest BCUT2D eigenvalue weighted by Gasteiger charge is -2.13. The quantitative estimate of drug-likeness (QED) is 0.872. The molecule has 2 rings (SSSR count). The largest absolute Gasteiger partial charge is 0.370 e. The molecule has 2 aromatic rings. The summed E-state index contributed by atoms with van der Waals surface area (Å²) in [5, 5.41) is 12.5. The fourth-order valence-corrected chi connectivity index (χ4v) is 1.98. The highest BCUT2D eigenvalue weighted by Gasteiger charge is 2.07. The van der Waals surface area contributed by atoms with E-state index in [9.17, 15) is 5.26 Å².